The van der Waals surface area contributed by atoms with Gasteiger partial charge in [0.05, 0.1) is 0 Å². The Bertz CT molecular complexity index is 1020. The summed E-state index contributed by atoms with van der Waals surface area (Å²) >= 11 is 1.39. The van der Waals surface area contributed by atoms with E-state index in [1.54, 1.807) is 24.3 Å². The lowest BCUT2D eigenvalue weighted by atomic mass is 9.65. The van der Waals surface area contributed by atoms with Crippen LogP contribution in [0.1, 0.15) is 11.1 Å². The number of carbonyl (C=O) groups excluding carboxylic acids is 1. The maximum atomic E-state index is 13.8. The lowest BCUT2D eigenvalue weighted by Gasteiger charge is -2.08. The van der Waals surface area contributed by atoms with Gasteiger partial charge >= 0.3 is 0 Å². The Kier molecular flexibility index (Phi) is 7.14. The summed E-state index contributed by atoms with van der Waals surface area (Å²) in [5.41, 5.74) is 10.1. The zero-order valence-electron chi connectivity index (χ0n) is 16.2. The summed E-state index contributed by atoms with van der Waals surface area (Å²) in [6, 6.07) is 20.4. The molecule has 3 N–H and O–H groups in total. The van der Waals surface area contributed by atoms with Crippen LogP contribution in [0, 0.1) is 5.82 Å². The molecule has 0 radical (unpaired) electrons. The summed E-state index contributed by atoms with van der Waals surface area (Å²) in [4.78, 5) is 12.8. The molecule has 0 unspecified atom stereocenters. The minimum atomic E-state index is -0.218. The van der Waals surface area contributed by atoms with Crippen molar-refractivity contribution in [2.45, 2.75) is 11.4 Å². The average Bonchev–Trinajstić information content (AvgIpc) is 2.73. The Balaban J connectivity index is 1.54. The number of allylic oxidation sites excluding steroid dienone is 1. The number of para-hydroxylation sites is 1. The van der Waals surface area contributed by atoms with Crippen molar-refractivity contribution in [1.82, 2.24) is 0 Å². The molecule has 0 amide bonds. The van der Waals surface area contributed by atoms with Crippen molar-refractivity contribution in [1.29, 1.82) is 0 Å². The first-order valence-electron chi connectivity index (χ1n) is 9.26. The maximum absolute atomic E-state index is 13.8. The largest absolute Gasteiger partial charge is 0.399 e. The van der Waals surface area contributed by atoms with Gasteiger partial charge in [0, 0.05) is 22.8 Å². The van der Waals surface area contributed by atoms with Crippen LogP contribution in [0.5, 0.6) is 0 Å². The van der Waals surface area contributed by atoms with Gasteiger partial charge in [-0.2, -0.15) is 0 Å². The fourth-order valence-corrected chi connectivity index (χ4v) is 3.32. The number of nitrogens with one attached hydrogen (secondary N) is 1. The Hall–Kier alpha value is -2.99. The second kappa shape index (κ2) is 9.98. The molecule has 146 valence electrons. The van der Waals surface area contributed by atoms with Gasteiger partial charge in [-0.15, -0.1) is 11.8 Å². The number of benzene rings is 3. The third-order valence-electron chi connectivity index (χ3n) is 4.51. The number of rotatable bonds is 8. The van der Waals surface area contributed by atoms with E-state index in [0.717, 1.165) is 22.3 Å². The monoisotopic (exact) mass is 404 g/mol. The van der Waals surface area contributed by atoms with Gasteiger partial charge in [-0.1, -0.05) is 54.0 Å². The normalized spacial score (nSPS) is 10.8. The van der Waals surface area contributed by atoms with Gasteiger partial charge in [-0.05, 0) is 47.7 Å². The molecule has 0 aromatic heterocycles. The van der Waals surface area contributed by atoms with Crippen LogP contribution in [0.25, 0.3) is 6.08 Å². The fraction of sp³-hybridized carbons (Fsp3) is 0.0870. The Morgan fingerprint density at radius 3 is 2.59 bits per heavy atom. The van der Waals surface area contributed by atoms with Crippen LogP contribution in [-0.2, 0) is 11.3 Å². The molecular weight excluding hydrogens is 382 g/mol. The van der Waals surface area contributed by atoms with Gasteiger partial charge in [0.25, 0.3) is 0 Å². The van der Waals surface area contributed by atoms with E-state index in [1.807, 2.05) is 54.8 Å². The molecule has 0 atom stereocenters. The number of hydrogen-bond acceptors (Lipinski definition) is 4. The molecule has 0 aliphatic carbocycles. The molecule has 3 rings (SSSR count). The third-order valence-corrected chi connectivity index (χ3v) is 5.28. The van der Waals surface area contributed by atoms with Crippen LogP contribution in [0.2, 0.25) is 0 Å². The lowest BCUT2D eigenvalue weighted by Crippen LogP contribution is -2.24. The molecule has 3 nitrogen and oxygen atoms in total. The van der Waals surface area contributed by atoms with Crippen molar-refractivity contribution in [3.63, 3.8) is 0 Å². The number of anilines is 2. The van der Waals surface area contributed by atoms with E-state index in [-0.39, 0.29) is 18.8 Å². The standard InChI is InChI=1S/C23H22BFN2OS/c1-29-22-12-11-18(14-20(22)25)27-15-17-8-6-16(7-9-17)10-13-23(28)24-19-4-2-3-5-21(19)26/h2-14,24,27H,15,26H2,1H3/b13-10+. The van der Waals surface area contributed by atoms with Gasteiger partial charge in [0.2, 0.25) is 7.28 Å². The van der Waals surface area contributed by atoms with Crippen molar-refractivity contribution in [3.8, 4) is 0 Å². The summed E-state index contributed by atoms with van der Waals surface area (Å²) in [6.07, 6.45) is 5.23. The molecule has 0 aliphatic heterocycles. The average molecular weight is 404 g/mol. The molecule has 0 fully saturated rings. The molecule has 0 bridgehead atoms. The van der Waals surface area contributed by atoms with E-state index in [4.69, 9.17) is 5.73 Å². The van der Waals surface area contributed by atoms with Crippen LogP contribution in [0.15, 0.2) is 77.7 Å². The first-order valence-corrected chi connectivity index (χ1v) is 10.5. The van der Waals surface area contributed by atoms with E-state index in [0.29, 0.717) is 17.1 Å². The van der Waals surface area contributed by atoms with Crippen molar-refractivity contribution < 1.29 is 9.18 Å². The Morgan fingerprint density at radius 2 is 1.90 bits per heavy atom. The van der Waals surface area contributed by atoms with E-state index in [9.17, 15) is 9.18 Å². The van der Waals surface area contributed by atoms with Gasteiger partial charge < -0.3 is 15.8 Å². The van der Waals surface area contributed by atoms with Gasteiger partial charge in [0.15, 0.2) is 0 Å². The molecule has 6 heteroatoms. The molecule has 0 spiro atoms. The zero-order chi connectivity index (χ0) is 20.6. The molecule has 0 aliphatic rings. The highest BCUT2D eigenvalue weighted by atomic mass is 32.2. The van der Waals surface area contributed by atoms with Crippen LogP contribution in [0.3, 0.4) is 0 Å². The molecular formula is C23H22BFN2OS. The highest BCUT2D eigenvalue weighted by molar-refractivity contribution is 7.98. The molecule has 3 aromatic carbocycles. The third kappa shape index (κ3) is 5.99. The topological polar surface area (TPSA) is 55.1 Å². The number of hydrogen-bond donors (Lipinski definition) is 2. The second-order valence-corrected chi connectivity index (χ2v) is 7.47. The lowest BCUT2D eigenvalue weighted by molar-refractivity contribution is -0.107. The van der Waals surface area contributed by atoms with Crippen LogP contribution >= 0.6 is 11.8 Å². The van der Waals surface area contributed by atoms with Gasteiger partial charge in [-0.25, -0.2) is 4.39 Å². The number of nitrogens with two attached hydrogens (primary N) is 1. The van der Waals surface area contributed by atoms with Crippen molar-refractivity contribution >= 4 is 47.6 Å². The second-order valence-electron chi connectivity index (χ2n) is 6.62. The minimum Gasteiger partial charge on any atom is -0.399 e. The van der Waals surface area contributed by atoms with E-state index in [2.05, 4.69) is 5.32 Å². The van der Waals surface area contributed by atoms with Gasteiger partial charge in [0.1, 0.15) is 11.5 Å². The summed E-state index contributed by atoms with van der Waals surface area (Å²) in [7, 11) is 0.289. The van der Waals surface area contributed by atoms with Crippen molar-refractivity contribution in [3.05, 3.63) is 89.8 Å². The predicted octanol–water partition coefficient (Wildman–Crippen LogP) is 4.04. The number of thioether (sulfide) groups is 1. The molecule has 0 heterocycles. The molecule has 3 aromatic rings. The van der Waals surface area contributed by atoms with Crippen LogP contribution < -0.4 is 16.5 Å². The summed E-state index contributed by atoms with van der Waals surface area (Å²) < 4.78 is 13.8. The highest BCUT2D eigenvalue weighted by Gasteiger charge is 2.06. The number of nitrogen functional groups attached to an aromatic ring is 1. The first-order chi connectivity index (χ1) is 14.0. The van der Waals surface area contributed by atoms with Crippen LogP contribution in [0.4, 0.5) is 15.8 Å². The van der Waals surface area contributed by atoms with Crippen LogP contribution in [-0.4, -0.2) is 19.2 Å². The fourth-order valence-electron chi connectivity index (χ4n) is 2.86. The molecule has 0 saturated heterocycles. The highest BCUT2D eigenvalue weighted by Crippen LogP contribution is 2.22. The SMILES string of the molecule is CSc1ccc(NCc2ccc(/C=C/C(=O)Bc3ccccc3N)cc2)cc1F. The quantitative estimate of drug-likeness (QED) is 0.258. The van der Waals surface area contributed by atoms with Crippen molar-refractivity contribution in [2.75, 3.05) is 17.3 Å². The van der Waals surface area contributed by atoms with E-state index < -0.39 is 0 Å². The molecule has 29 heavy (non-hydrogen) atoms. The number of carbonyl (C=O) groups is 1. The summed E-state index contributed by atoms with van der Waals surface area (Å²) in [5, 5.41) is 3.22. The van der Waals surface area contributed by atoms with E-state index in [1.165, 1.54) is 17.8 Å². The minimum absolute atomic E-state index is 0.00404. The molecule has 0 saturated carbocycles. The Morgan fingerprint density at radius 1 is 1.14 bits per heavy atom. The maximum Gasteiger partial charge on any atom is 0.247 e. The number of halogens is 1. The zero-order valence-corrected chi connectivity index (χ0v) is 17.0. The van der Waals surface area contributed by atoms with E-state index >= 15 is 0 Å². The van der Waals surface area contributed by atoms with Crippen molar-refractivity contribution in [2.24, 2.45) is 0 Å². The summed E-state index contributed by atoms with van der Waals surface area (Å²) in [5.74, 6) is -0.218. The first kappa shape index (κ1) is 20.7. The Labute approximate surface area is 175 Å². The predicted molar refractivity (Wildman–Crippen MR) is 124 cm³/mol. The summed E-state index contributed by atoms with van der Waals surface area (Å²) in [6.45, 7) is 0.592. The van der Waals surface area contributed by atoms with Gasteiger partial charge in [-0.3, -0.25) is 0 Å². The smallest absolute Gasteiger partial charge is 0.247 e.